The SMILES string of the molecule is CC(C)c1cc2c(o1)CCCC2(C)O. The van der Waals surface area contributed by atoms with E-state index in [0.29, 0.717) is 5.92 Å². The molecule has 1 aromatic rings. The molecule has 1 heterocycles. The van der Waals surface area contributed by atoms with Crippen LogP contribution in [0.2, 0.25) is 0 Å². The second kappa shape index (κ2) is 3.13. The molecule has 0 spiro atoms. The Morgan fingerprint density at radius 1 is 1.50 bits per heavy atom. The minimum Gasteiger partial charge on any atom is -0.465 e. The van der Waals surface area contributed by atoms with Crippen molar-refractivity contribution in [3.63, 3.8) is 0 Å². The van der Waals surface area contributed by atoms with Crippen LogP contribution in [0.3, 0.4) is 0 Å². The highest BCUT2D eigenvalue weighted by Crippen LogP contribution is 2.38. The molecule has 1 atom stereocenters. The molecule has 0 amide bonds. The van der Waals surface area contributed by atoms with Crippen LogP contribution in [0.15, 0.2) is 10.5 Å². The molecule has 2 nitrogen and oxygen atoms in total. The van der Waals surface area contributed by atoms with E-state index in [9.17, 15) is 5.11 Å². The maximum Gasteiger partial charge on any atom is 0.110 e. The Morgan fingerprint density at radius 2 is 2.21 bits per heavy atom. The third kappa shape index (κ3) is 1.48. The van der Waals surface area contributed by atoms with Gasteiger partial charge in [0.05, 0.1) is 5.60 Å². The first-order valence-corrected chi connectivity index (χ1v) is 5.36. The van der Waals surface area contributed by atoms with Crippen molar-refractivity contribution in [1.82, 2.24) is 0 Å². The average molecular weight is 194 g/mol. The molecule has 78 valence electrons. The summed E-state index contributed by atoms with van der Waals surface area (Å²) in [5.74, 6) is 2.39. The van der Waals surface area contributed by atoms with Gasteiger partial charge < -0.3 is 9.52 Å². The smallest absolute Gasteiger partial charge is 0.110 e. The number of aryl methyl sites for hydroxylation is 1. The summed E-state index contributed by atoms with van der Waals surface area (Å²) >= 11 is 0. The number of rotatable bonds is 1. The van der Waals surface area contributed by atoms with Gasteiger partial charge in [-0.15, -0.1) is 0 Å². The lowest BCUT2D eigenvalue weighted by atomic mass is 9.84. The summed E-state index contributed by atoms with van der Waals surface area (Å²) in [6.45, 7) is 6.10. The van der Waals surface area contributed by atoms with E-state index in [1.165, 1.54) is 0 Å². The standard InChI is InChI=1S/C12H18O2/c1-8(2)11-7-9-10(14-11)5-4-6-12(9,3)13/h7-8,13H,4-6H2,1-3H3. The molecular weight excluding hydrogens is 176 g/mol. The Labute approximate surface area is 84.9 Å². The van der Waals surface area contributed by atoms with Crippen LogP contribution in [0.1, 0.15) is 56.6 Å². The molecule has 0 saturated carbocycles. The van der Waals surface area contributed by atoms with Crippen molar-refractivity contribution < 1.29 is 9.52 Å². The van der Waals surface area contributed by atoms with Crippen LogP contribution >= 0.6 is 0 Å². The molecular formula is C12H18O2. The van der Waals surface area contributed by atoms with Gasteiger partial charge in [-0.3, -0.25) is 0 Å². The number of furan rings is 1. The van der Waals surface area contributed by atoms with Crippen LogP contribution < -0.4 is 0 Å². The fraction of sp³-hybridized carbons (Fsp3) is 0.667. The van der Waals surface area contributed by atoms with E-state index < -0.39 is 5.60 Å². The topological polar surface area (TPSA) is 33.4 Å². The van der Waals surface area contributed by atoms with Crippen molar-refractivity contribution in [2.24, 2.45) is 0 Å². The highest BCUT2D eigenvalue weighted by molar-refractivity contribution is 5.30. The molecule has 1 unspecified atom stereocenters. The molecule has 1 N–H and O–H groups in total. The summed E-state index contributed by atoms with van der Waals surface area (Å²) in [7, 11) is 0. The van der Waals surface area contributed by atoms with Gasteiger partial charge in [0.25, 0.3) is 0 Å². The molecule has 2 heteroatoms. The van der Waals surface area contributed by atoms with Gasteiger partial charge in [0.2, 0.25) is 0 Å². The van der Waals surface area contributed by atoms with Crippen LogP contribution in [-0.4, -0.2) is 5.11 Å². The van der Waals surface area contributed by atoms with Gasteiger partial charge in [-0.1, -0.05) is 13.8 Å². The molecule has 0 radical (unpaired) electrons. The van der Waals surface area contributed by atoms with Crippen LogP contribution in [0.25, 0.3) is 0 Å². The Morgan fingerprint density at radius 3 is 2.79 bits per heavy atom. The van der Waals surface area contributed by atoms with Gasteiger partial charge in [-0.05, 0) is 25.8 Å². The molecule has 1 aromatic heterocycles. The Kier molecular flexibility index (Phi) is 2.18. The summed E-state index contributed by atoms with van der Waals surface area (Å²) in [5, 5.41) is 10.2. The molecule has 0 aliphatic heterocycles. The summed E-state index contributed by atoms with van der Waals surface area (Å²) in [6, 6.07) is 2.03. The van der Waals surface area contributed by atoms with Crippen LogP contribution in [0.4, 0.5) is 0 Å². The lowest BCUT2D eigenvalue weighted by Crippen LogP contribution is -2.25. The lowest BCUT2D eigenvalue weighted by Gasteiger charge is -2.27. The summed E-state index contributed by atoms with van der Waals surface area (Å²) in [5.41, 5.74) is 0.331. The summed E-state index contributed by atoms with van der Waals surface area (Å²) in [6.07, 6.45) is 2.83. The number of aliphatic hydroxyl groups is 1. The van der Waals surface area contributed by atoms with Crippen molar-refractivity contribution in [1.29, 1.82) is 0 Å². The average Bonchev–Trinajstić information content (AvgIpc) is 2.48. The van der Waals surface area contributed by atoms with E-state index in [2.05, 4.69) is 13.8 Å². The third-order valence-corrected chi connectivity index (χ3v) is 3.04. The van der Waals surface area contributed by atoms with E-state index in [4.69, 9.17) is 4.42 Å². The van der Waals surface area contributed by atoms with Crippen LogP contribution in [0, 0.1) is 0 Å². The molecule has 0 aromatic carbocycles. The normalized spacial score (nSPS) is 26.6. The van der Waals surface area contributed by atoms with E-state index >= 15 is 0 Å². The maximum atomic E-state index is 10.2. The van der Waals surface area contributed by atoms with E-state index in [1.807, 2.05) is 13.0 Å². The Hall–Kier alpha value is -0.760. The van der Waals surface area contributed by atoms with Crippen LogP contribution in [-0.2, 0) is 12.0 Å². The van der Waals surface area contributed by atoms with E-state index in [0.717, 1.165) is 36.3 Å². The predicted molar refractivity (Wildman–Crippen MR) is 55.3 cm³/mol. The van der Waals surface area contributed by atoms with Gasteiger partial charge in [0, 0.05) is 17.9 Å². The summed E-state index contributed by atoms with van der Waals surface area (Å²) in [4.78, 5) is 0. The highest BCUT2D eigenvalue weighted by Gasteiger charge is 2.32. The third-order valence-electron chi connectivity index (χ3n) is 3.04. The van der Waals surface area contributed by atoms with Crippen molar-refractivity contribution in [3.8, 4) is 0 Å². The fourth-order valence-electron chi connectivity index (χ4n) is 2.10. The van der Waals surface area contributed by atoms with Gasteiger partial charge in [-0.25, -0.2) is 0 Å². The second-order valence-electron chi connectivity index (χ2n) is 4.77. The van der Waals surface area contributed by atoms with E-state index in [-0.39, 0.29) is 0 Å². The monoisotopic (exact) mass is 194 g/mol. The number of hydrogen-bond acceptors (Lipinski definition) is 2. The zero-order valence-corrected chi connectivity index (χ0v) is 9.13. The van der Waals surface area contributed by atoms with Gasteiger partial charge in [0.1, 0.15) is 11.5 Å². The molecule has 14 heavy (non-hydrogen) atoms. The van der Waals surface area contributed by atoms with Gasteiger partial charge in [0.15, 0.2) is 0 Å². The lowest BCUT2D eigenvalue weighted by molar-refractivity contribution is 0.0363. The molecule has 1 aliphatic rings. The van der Waals surface area contributed by atoms with E-state index in [1.54, 1.807) is 0 Å². The van der Waals surface area contributed by atoms with Crippen molar-refractivity contribution in [3.05, 3.63) is 23.2 Å². The summed E-state index contributed by atoms with van der Waals surface area (Å²) < 4.78 is 5.74. The molecule has 2 rings (SSSR count). The van der Waals surface area contributed by atoms with Gasteiger partial charge in [-0.2, -0.15) is 0 Å². The molecule has 0 saturated heterocycles. The first-order chi connectivity index (χ1) is 6.50. The zero-order valence-electron chi connectivity index (χ0n) is 9.13. The van der Waals surface area contributed by atoms with Crippen molar-refractivity contribution in [2.45, 2.75) is 51.6 Å². The van der Waals surface area contributed by atoms with Crippen LogP contribution in [0.5, 0.6) is 0 Å². The van der Waals surface area contributed by atoms with Gasteiger partial charge >= 0.3 is 0 Å². The maximum absolute atomic E-state index is 10.2. The minimum absolute atomic E-state index is 0.399. The fourth-order valence-corrected chi connectivity index (χ4v) is 2.10. The molecule has 0 bridgehead atoms. The highest BCUT2D eigenvalue weighted by atomic mass is 16.3. The quantitative estimate of drug-likeness (QED) is 0.745. The molecule has 0 fully saturated rings. The first kappa shape index (κ1) is 9.78. The Bertz CT molecular complexity index is 334. The van der Waals surface area contributed by atoms with Crippen molar-refractivity contribution >= 4 is 0 Å². The number of fused-ring (bicyclic) bond motifs is 1. The zero-order chi connectivity index (χ0) is 10.3. The largest absolute Gasteiger partial charge is 0.465 e. The molecule has 1 aliphatic carbocycles. The Balaban J connectivity index is 2.44. The minimum atomic E-state index is -0.676. The first-order valence-electron chi connectivity index (χ1n) is 5.36. The number of hydrogen-bond donors (Lipinski definition) is 1. The second-order valence-corrected chi connectivity index (χ2v) is 4.77. The van der Waals surface area contributed by atoms with Crippen molar-refractivity contribution in [2.75, 3.05) is 0 Å². The predicted octanol–water partition coefficient (Wildman–Crippen LogP) is 2.95.